The van der Waals surface area contributed by atoms with Gasteiger partial charge < -0.3 is 20.1 Å². The molecular weight excluding hydrogens is 688 g/mol. The smallest absolute Gasteiger partial charge is 0.416 e. The molecule has 1 aliphatic heterocycles. The van der Waals surface area contributed by atoms with Gasteiger partial charge in [0.25, 0.3) is 5.91 Å². The summed E-state index contributed by atoms with van der Waals surface area (Å²) >= 11 is 0. The molecule has 1 heterocycles. The van der Waals surface area contributed by atoms with Crippen LogP contribution in [0.1, 0.15) is 52.0 Å². The van der Waals surface area contributed by atoms with Gasteiger partial charge in [0.1, 0.15) is 6.10 Å². The van der Waals surface area contributed by atoms with E-state index in [0.717, 1.165) is 35.4 Å². The molecule has 0 spiro atoms. The summed E-state index contributed by atoms with van der Waals surface area (Å²) in [6.45, 7) is 4.54. The second-order valence-electron chi connectivity index (χ2n) is 13.3. The Kier molecular flexibility index (Phi) is 12.0. The molecule has 0 aromatic heterocycles. The molecule has 4 aromatic rings. The number of carbonyl (C=O) groups is 2. The van der Waals surface area contributed by atoms with Gasteiger partial charge in [-0.1, -0.05) is 49.4 Å². The van der Waals surface area contributed by atoms with E-state index >= 15 is 0 Å². The quantitative estimate of drug-likeness (QED) is 0.126. The van der Waals surface area contributed by atoms with Gasteiger partial charge in [0.15, 0.2) is 23.2 Å². The molecular formula is C39H39F6N3O4. The molecule has 0 aliphatic carbocycles. The summed E-state index contributed by atoms with van der Waals surface area (Å²) in [4.78, 5) is 30.5. The van der Waals surface area contributed by atoms with Crippen molar-refractivity contribution in [2.45, 2.75) is 51.6 Å². The molecule has 3 atom stereocenters. The van der Waals surface area contributed by atoms with Crippen molar-refractivity contribution in [2.24, 2.45) is 5.92 Å². The van der Waals surface area contributed by atoms with E-state index in [2.05, 4.69) is 5.32 Å². The topological polar surface area (TPSA) is 82.1 Å². The van der Waals surface area contributed by atoms with E-state index < -0.39 is 47.2 Å². The van der Waals surface area contributed by atoms with E-state index in [0.29, 0.717) is 24.2 Å². The maximum atomic E-state index is 13.8. The molecule has 0 bridgehead atoms. The van der Waals surface area contributed by atoms with Crippen molar-refractivity contribution in [2.75, 3.05) is 32.1 Å². The van der Waals surface area contributed by atoms with Gasteiger partial charge >= 0.3 is 6.18 Å². The van der Waals surface area contributed by atoms with Gasteiger partial charge in [-0.15, -0.1) is 0 Å². The molecule has 276 valence electrons. The molecule has 7 nitrogen and oxygen atoms in total. The highest BCUT2D eigenvalue weighted by atomic mass is 19.4. The molecule has 1 unspecified atom stereocenters. The van der Waals surface area contributed by atoms with Crippen LogP contribution < -0.4 is 10.1 Å². The highest BCUT2D eigenvalue weighted by Gasteiger charge is 2.35. The summed E-state index contributed by atoms with van der Waals surface area (Å²) in [7, 11) is 1.89. The highest BCUT2D eigenvalue weighted by molar-refractivity contribution is 6.02. The Labute approximate surface area is 297 Å². The summed E-state index contributed by atoms with van der Waals surface area (Å²) in [5, 5.41) is 12.8. The first-order valence-electron chi connectivity index (χ1n) is 16.7. The van der Waals surface area contributed by atoms with E-state index in [9.17, 15) is 41.0 Å². The van der Waals surface area contributed by atoms with Crippen molar-refractivity contribution >= 4 is 17.5 Å². The largest absolute Gasteiger partial charge is 0.486 e. The van der Waals surface area contributed by atoms with Gasteiger partial charge in [-0.25, -0.2) is 13.2 Å². The highest BCUT2D eigenvalue weighted by Crippen LogP contribution is 2.35. The van der Waals surface area contributed by atoms with Crippen molar-refractivity contribution in [1.29, 1.82) is 0 Å². The predicted molar refractivity (Wildman–Crippen MR) is 183 cm³/mol. The van der Waals surface area contributed by atoms with Crippen LogP contribution in [0.4, 0.5) is 32.0 Å². The zero-order valence-corrected chi connectivity index (χ0v) is 28.8. The summed E-state index contributed by atoms with van der Waals surface area (Å²) in [6.07, 6.45) is -5.01. The summed E-state index contributed by atoms with van der Waals surface area (Å²) in [5.74, 6) is -4.99. The molecule has 1 aliphatic rings. The molecule has 2 N–H and O–H groups in total. The van der Waals surface area contributed by atoms with Crippen LogP contribution >= 0.6 is 0 Å². The number of ether oxygens (including phenoxy) is 1. The Morgan fingerprint density at radius 1 is 0.962 bits per heavy atom. The maximum Gasteiger partial charge on any atom is 0.416 e. The zero-order chi connectivity index (χ0) is 37.7. The molecule has 0 saturated carbocycles. The summed E-state index contributed by atoms with van der Waals surface area (Å²) in [5.41, 5.74) is 1.96. The third-order valence-corrected chi connectivity index (χ3v) is 9.03. The van der Waals surface area contributed by atoms with E-state index in [1.54, 1.807) is 30.0 Å². The number of likely N-dealkylation sites (N-methyl/N-ethyl adjacent to an activating group) is 1. The van der Waals surface area contributed by atoms with E-state index in [4.69, 9.17) is 4.74 Å². The molecule has 13 heteroatoms. The Morgan fingerprint density at radius 3 is 2.19 bits per heavy atom. The van der Waals surface area contributed by atoms with Crippen LogP contribution in [-0.2, 0) is 30.4 Å². The fraction of sp³-hybridized carbons (Fsp3) is 0.333. The SMILES string of the molecule is CC(CO)N1C[C@@H](C)[C@@H](CN(C)Cc2ccc(Cc3cc(F)c(F)c(F)c3)cc2)Oc2c(NC(=O)Cc3ccc(C(F)(F)F)cc3)cccc2C1=O. The Hall–Kier alpha value is -4.88. The van der Waals surface area contributed by atoms with Gasteiger partial charge in [0.2, 0.25) is 5.91 Å². The second kappa shape index (κ2) is 16.2. The number of aliphatic hydroxyl groups is 1. The van der Waals surface area contributed by atoms with Crippen LogP contribution in [0, 0.1) is 23.4 Å². The molecule has 5 rings (SSSR count). The van der Waals surface area contributed by atoms with E-state index in [1.165, 1.54) is 12.1 Å². The Balaban J connectivity index is 1.33. The summed E-state index contributed by atoms with van der Waals surface area (Å²) < 4.78 is 86.3. The maximum absolute atomic E-state index is 13.8. The fourth-order valence-electron chi connectivity index (χ4n) is 6.14. The number of halogens is 6. The lowest BCUT2D eigenvalue weighted by Gasteiger charge is -2.38. The zero-order valence-electron chi connectivity index (χ0n) is 28.8. The molecule has 4 aromatic carbocycles. The van der Waals surface area contributed by atoms with Crippen molar-refractivity contribution in [3.8, 4) is 5.75 Å². The molecule has 0 radical (unpaired) electrons. The van der Waals surface area contributed by atoms with Crippen molar-refractivity contribution < 1.29 is 45.8 Å². The van der Waals surface area contributed by atoms with Crippen LogP contribution in [-0.4, -0.2) is 65.6 Å². The van der Waals surface area contributed by atoms with Crippen LogP contribution in [0.5, 0.6) is 5.75 Å². The molecule has 0 fully saturated rings. The number of aliphatic hydroxyl groups excluding tert-OH is 1. The number of nitrogens with one attached hydrogen (secondary N) is 1. The molecule has 2 amide bonds. The number of alkyl halides is 3. The van der Waals surface area contributed by atoms with Gasteiger partial charge in [0.05, 0.1) is 35.9 Å². The van der Waals surface area contributed by atoms with Gasteiger partial charge in [0, 0.05) is 25.6 Å². The lowest BCUT2D eigenvalue weighted by Crippen LogP contribution is -2.49. The van der Waals surface area contributed by atoms with Crippen LogP contribution in [0.25, 0.3) is 0 Å². The second-order valence-corrected chi connectivity index (χ2v) is 13.3. The number of nitrogens with zero attached hydrogens (tertiary/aromatic N) is 2. The third-order valence-electron chi connectivity index (χ3n) is 9.03. The Morgan fingerprint density at radius 2 is 1.58 bits per heavy atom. The first kappa shape index (κ1) is 38.4. The standard InChI is InChI=1S/C39H39F6N3O4/c1-23-19-48(24(2)22-49)38(51)30-5-4-6-33(46-35(50)18-26-11-13-29(14-12-26)39(43,44)45)37(30)52-34(23)21-47(3)20-27-9-7-25(8-10-27)15-28-16-31(40)36(42)32(41)17-28/h4-14,16-17,23-24,34,49H,15,18-22H2,1-3H3,(H,46,50)/t23-,24?,34-/m1/s1. The number of anilines is 1. The van der Waals surface area contributed by atoms with Gasteiger partial charge in [-0.3, -0.25) is 14.5 Å². The normalized spacial score (nSPS) is 16.9. The number of amides is 2. The van der Waals surface area contributed by atoms with E-state index in [1.807, 2.05) is 43.1 Å². The molecule has 0 saturated heterocycles. The number of rotatable bonds is 11. The molecule has 52 heavy (non-hydrogen) atoms. The van der Waals surface area contributed by atoms with Crippen LogP contribution in [0.2, 0.25) is 0 Å². The monoisotopic (exact) mass is 727 g/mol. The fourth-order valence-corrected chi connectivity index (χ4v) is 6.14. The number of hydrogen-bond acceptors (Lipinski definition) is 5. The average Bonchev–Trinajstić information content (AvgIpc) is 3.09. The lowest BCUT2D eigenvalue weighted by atomic mass is 9.98. The average molecular weight is 728 g/mol. The lowest BCUT2D eigenvalue weighted by molar-refractivity contribution is -0.137. The number of carbonyl (C=O) groups excluding carboxylic acids is 2. The predicted octanol–water partition coefficient (Wildman–Crippen LogP) is 7.25. The first-order valence-corrected chi connectivity index (χ1v) is 16.7. The first-order chi connectivity index (χ1) is 24.6. The van der Waals surface area contributed by atoms with Crippen molar-refractivity contribution in [1.82, 2.24) is 9.80 Å². The van der Waals surface area contributed by atoms with Crippen molar-refractivity contribution in [3.63, 3.8) is 0 Å². The summed E-state index contributed by atoms with van der Waals surface area (Å²) in [6, 6.07) is 17.9. The minimum absolute atomic E-state index is 0.145. The number of fused-ring (bicyclic) bond motifs is 1. The third kappa shape index (κ3) is 9.31. The van der Waals surface area contributed by atoms with Crippen molar-refractivity contribution in [3.05, 3.63) is 130 Å². The van der Waals surface area contributed by atoms with Crippen LogP contribution in [0.3, 0.4) is 0 Å². The minimum atomic E-state index is -4.50. The minimum Gasteiger partial charge on any atom is -0.486 e. The van der Waals surface area contributed by atoms with Crippen LogP contribution in [0.15, 0.2) is 78.9 Å². The number of benzene rings is 4. The van der Waals surface area contributed by atoms with Gasteiger partial charge in [-0.05, 0) is 79.0 Å². The number of hydrogen-bond donors (Lipinski definition) is 2. The van der Waals surface area contributed by atoms with Gasteiger partial charge in [-0.2, -0.15) is 13.2 Å². The van der Waals surface area contributed by atoms with E-state index in [-0.39, 0.29) is 54.8 Å². The number of para-hydroxylation sites is 1. The Bertz CT molecular complexity index is 1860.